The van der Waals surface area contributed by atoms with E-state index in [1.807, 2.05) is 0 Å². The second kappa shape index (κ2) is 4.78. The summed E-state index contributed by atoms with van der Waals surface area (Å²) in [5, 5.41) is 9.27. The second-order valence-electron chi connectivity index (χ2n) is 4.27. The molecule has 16 heavy (non-hydrogen) atoms. The molecule has 1 aromatic carbocycles. The zero-order valence-electron chi connectivity index (χ0n) is 9.63. The lowest BCUT2D eigenvalue weighted by Gasteiger charge is -2.27. The molecule has 0 aliphatic heterocycles. The smallest absolute Gasteiger partial charge is 0.264 e. The summed E-state index contributed by atoms with van der Waals surface area (Å²) >= 11 is 0. The largest absolute Gasteiger partial charge is 0.496 e. The van der Waals surface area contributed by atoms with Crippen LogP contribution in [0.2, 0.25) is 0 Å². The predicted octanol–water partition coefficient (Wildman–Crippen LogP) is 2.90. The van der Waals surface area contributed by atoms with Crippen molar-refractivity contribution < 1.29 is 18.6 Å². The minimum atomic E-state index is -2.57. The van der Waals surface area contributed by atoms with Crippen LogP contribution in [0.25, 0.3) is 0 Å². The van der Waals surface area contributed by atoms with E-state index in [0.717, 1.165) is 0 Å². The number of benzene rings is 1. The Morgan fingerprint density at radius 3 is 2.44 bits per heavy atom. The summed E-state index contributed by atoms with van der Waals surface area (Å²) in [6.07, 6.45) is -2.57. The van der Waals surface area contributed by atoms with Crippen LogP contribution in [0.15, 0.2) is 18.2 Å². The Bertz CT molecular complexity index is 362. The minimum absolute atomic E-state index is 0.0848. The molecule has 0 saturated carbocycles. The third-order valence-corrected chi connectivity index (χ3v) is 2.59. The number of halogens is 2. The number of ether oxygens (including phenoxy) is 1. The Morgan fingerprint density at radius 2 is 2.00 bits per heavy atom. The maximum Gasteiger partial charge on any atom is 0.264 e. The van der Waals surface area contributed by atoms with Crippen molar-refractivity contribution in [2.45, 2.75) is 25.7 Å². The van der Waals surface area contributed by atoms with Crippen LogP contribution in [0.5, 0.6) is 5.75 Å². The van der Waals surface area contributed by atoms with Crippen LogP contribution in [0.4, 0.5) is 8.78 Å². The SMILES string of the molecule is COc1cccc(C(F)F)c1C(C)(C)CO. The van der Waals surface area contributed by atoms with Gasteiger partial charge in [0.25, 0.3) is 6.43 Å². The van der Waals surface area contributed by atoms with Gasteiger partial charge in [0.1, 0.15) is 5.75 Å². The van der Waals surface area contributed by atoms with Crippen LogP contribution >= 0.6 is 0 Å². The van der Waals surface area contributed by atoms with E-state index in [1.54, 1.807) is 19.9 Å². The average molecular weight is 230 g/mol. The maximum absolute atomic E-state index is 12.9. The molecule has 0 fully saturated rings. The summed E-state index contributed by atoms with van der Waals surface area (Å²) in [4.78, 5) is 0. The average Bonchev–Trinajstić information content (AvgIpc) is 2.27. The Labute approximate surface area is 93.9 Å². The maximum atomic E-state index is 12.9. The third kappa shape index (κ3) is 2.32. The van der Waals surface area contributed by atoms with E-state index in [0.29, 0.717) is 11.3 Å². The Morgan fingerprint density at radius 1 is 1.38 bits per heavy atom. The zero-order chi connectivity index (χ0) is 12.3. The molecular weight excluding hydrogens is 214 g/mol. The van der Waals surface area contributed by atoms with Crippen LogP contribution in [0.3, 0.4) is 0 Å². The van der Waals surface area contributed by atoms with E-state index in [-0.39, 0.29) is 12.2 Å². The summed E-state index contributed by atoms with van der Waals surface area (Å²) < 4.78 is 30.8. The fourth-order valence-electron chi connectivity index (χ4n) is 1.70. The second-order valence-corrected chi connectivity index (χ2v) is 4.27. The molecular formula is C12H16F2O2. The van der Waals surface area contributed by atoms with Gasteiger partial charge in [-0.05, 0) is 6.07 Å². The summed E-state index contributed by atoms with van der Waals surface area (Å²) in [7, 11) is 1.43. The first-order valence-electron chi connectivity index (χ1n) is 5.00. The highest BCUT2D eigenvalue weighted by atomic mass is 19.3. The first-order chi connectivity index (χ1) is 7.44. The fourth-order valence-corrected chi connectivity index (χ4v) is 1.70. The highest BCUT2D eigenvalue weighted by Crippen LogP contribution is 2.38. The van der Waals surface area contributed by atoms with Crippen LogP contribution < -0.4 is 4.74 Å². The highest BCUT2D eigenvalue weighted by molar-refractivity contribution is 5.45. The number of hydrogen-bond acceptors (Lipinski definition) is 2. The molecule has 1 aromatic rings. The van der Waals surface area contributed by atoms with E-state index in [2.05, 4.69) is 0 Å². The molecule has 0 amide bonds. The quantitative estimate of drug-likeness (QED) is 0.861. The van der Waals surface area contributed by atoms with Gasteiger partial charge in [0.05, 0.1) is 13.7 Å². The first kappa shape index (κ1) is 12.9. The normalized spacial score (nSPS) is 11.9. The number of alkyl halides is 2. The topological polar surface area (TPSA) is 29.5 Å². The Balaban J connectivity index is 3.42. The zero-order valence-corrected chi connectivity index (χ0v) is 9.63. The van der Waals surface area contributed by atoms with E-state index in [1.165, 1.54) is 19.2 Å². The predicted molar refractivity (Wildman–Crippen MR) is 58.1 cm³/mol. The lowest BCUT2D eigenvalue weighted by molar-refractivity contribution is 0.144. The van der Waals surface area contributed by atoms with Crippen molar-refractivity contribution in [1.29, 1.82) is 0 Å². The van der Waals surface area contributed by atoms with Gasteiger partial charge in [-0.25, -0.2) is 8.78 Å². The van der Waals surface area contributed by atoms with Crippen molar-refractivity contribution in [3.63, 3.8) is 0 Å². The van der Waals surface area contributed by atoms with Gasteiger partial charge in [-0.2, -0.15) is 0 Å². The van der Waals surface area contributed by atoms with Crippen molar-refractivity contribution in [3.05, 3.63) is 29.3 Å². The van der Waals surface area contributed by atoms with Crippen LogP contribution in [-0.2, 0) is 5.41 Å². The lowest BCUT2D eigenvalue weighted by Crippen LogP contribution is -2.25. The van der Waals surface area contributed by atoms with Gasteiger partial charge < -0.3 is 9.84 Å². The Kier molecular flexibility index (Phi) is 3.86. The molecule has 1 rings (SSSR count). The van der Waals surface area contributed by atoms with Crippen molar-refractivity contribution in [1.82, 2.24) is 0 Å². The van der Waals surface area contributed by atoms with Crippen LogP contribution in [-0.4, -0.2) is 18.8 Å². The molecule has 0 spiro atoms. The molecule has 0 radical (unpaired) electrons. The van der Waals surface area contributed by atoms with Gasteiger partial charge >= 0.3 is 0 Å². The third-order valence-electron chi connectivity index (χ3n) is 2.59. The molecule has 0 heterocycles. The molecule has 0 saturated heterocycles. The number of rotatable bonds is 4. The van der Waals surface area contributed by atoms with Gasteiger partial charge in [0.2, 0.25) is 0 Å². The summed E-state index contributed by atoms with van der Waals surface area (Å²) in [5.41, 5.74) is -0.466. The number of hydrogen-bond donors (Lipinski definition) is 1. The van der Waals surface area contributed by atoms with Gasteiger partial charge in [0.15, 0.2) is 0 Å². The highest BCUT2D eigenvalue weighted by Gasteiger charge is 2.29. The molecule has 90 valence electrons. The molecule has 0 bridgehead atoms. The van der Waals surface area contributed by atoms with Gasteiger partial charge in [-0.3, -0.25) is 0 Å². The van der Waals surface area contributed by atoms with Crippen LogP contribution in [0, 0.1) is 0 Å². The van der Waals surface area contributed by atoms with E-state index < -0.39 is 11.8 Å². The van der Waals surface area contributed by atoms with E-state index in [4.69, 9.17) is 4.74 Å². The molecule has 0 aliphatic carbocycles. The number of methoxy groups -OCH3 is 1. The fraction of sp³-hybridized carbons (Fsp3) is 0.500. The first-order valence-corrected chi connectivity index (χ1v) is 5.00. The molecule has 0 unspecified atom stereocenters. The molecule has 0 aromatic heterocycles. The summed E-state index contributed by atoms with van der Waals surface area (Å²) in [6.45, 7) is 3.20. The van der Waals surface area contributed by atoms with Gasteiger partial charge in [0, 0.05) is 16.5 Å². The van der Waals surface area contributed by atoms with Crippen LogP contribution in [0.1, 0.15) is 31.4 Å². The van der Waals surface area contributed by atoms with Crippen molar-refractivity contribution in [2.24, 2.45) is 0 Å². The molecule has 1 N–H and O–H groups in total. The minimum Gasteiger partial charge on any atom is -0.496 e. The van der Waals surface area contributed by atoms with Crippen molar-refractivity contribution in [2.75, 3.05) is 13.7 Å². The monoisotopic (exact) mass is 230 g/mol. The van der Waals surface area contributed by atoms with E-state index >= 15 is 0 Å². The Hall–Kier alpha value is -1.16. The van der Waals surface area contributed by atoms with Crippen molar-refractivity contribution in [3.8, 4) is 5.75 Å². The summed E-state index contributed by atoms with van der Waals surface area (Å²) in [5.74, 6) is 0.386. The molecule has 4 heteroatoms. The number of aliphatic hydroxyl groups excluding tert-OH is 1. The van der Waals surface area contributed by atoms with Gasteiger partial charge in [-0.15, -0.1) is 0 Å². The van der Waals surface area contributed by atoms with Gasteiger partial charge in [-0.1, -0.05) is 26.0 Å². The van der Waals surface area contributed by atoms with Crippen molar-refractivity contribution >= 4 is 0 Å². The molecule has 0 aliphatic rings. The standard InChI is InChI=1S/C12H16F2O2/c1-12(2,7-15)10-8(11(13)14)5-4-6-9(10)16-3/h4-6,11,15H,7H2,1-3H3. The molecule has 2 nitrogen and oxygen atoms in total. The lowest BCUT2D eigenvalue weighted by atomic mass is 9.82. The number of aliphatic hydroxyl groups is 1. The van der Waals surface area contributed by atoms with E-state index in [9.17, 15) is 13.9 Å². The molecule has 0 atom stereocenters. The summed E-state index contributed by atoms with van der Waals surface area (Å²) in [6, 6.07) is 4.51.